The third kappa shape index (κ3) is 40.3. The zero-order valence-corrected chi connectivity index (χ0v) is 6.65. The molecule has 0 spiro atoms. The van der Waals surface area contributed by atoms with Gasteiger partial charge in [0.15, 0.2) is 0 Å². The fourth-order valence-electron chi connectivity index (χ4n) is 0.0577. The fraction of sp³-hybridized carbons (Fsp3) is 0.800. The van der Waals surface area contributed by atoms with Crippen LogP contribution < -0.4 is 24.0 Å². The Morgan fingerprint density at radius 1 is 1.45 bits per heavy atom. The van der Waals surface area contributed by atoms with E-state index in [1.54, 1.807) is 0 Å². The van der Waals surface area contributed by atoms with Crippen molar-refractivity contribution in [1.82, 2.24) is 0 Å². The number of aliphatic hydroxyl groups is 3. The molecule has 62 valence electrons. The second-order valence-electron chi connectivity index (χ2n) is 1.51. The Balaban J connectivity index is -0.000000114. The summed E-state index contributed by atoms with van der Waals surface area (Å²) in [7, 11) is 0. The molecule has 5 nitrogen and oxygen atoms in total. The van der Waals surface area contributed by atoms with Crippen LogP contribution in [0.1, 0.15) is 6.92 Å². The maximum Gasteiger partial charge on any atom is 1.00 e. The van der Waals surface area contributed by atoms with E-state index in [2.05, 4.69) is 0 Å². The molecule has 0 rings (SSSR count). The maximum atomic E-state index is 8.89. The first-order valence-electron chi connectivity index (χ1n) is 2.62. The number of rotatable bonds is 2. The van der Waals surface area contributed by atoms with Crippen molar-refractivity contribution in [3.8, 4) is 0 Å². The molecule has 0 amide bonds. The van der Waals surface area contributed by atoms with Crippen LogP contribution in [-0.4, -0.2) is 40.6 Å². The molecule has 0 bridgehead atoms. The molecule has 0 aliphatic rings. The molecule has 0 radical (unpaired) electrons. The summed E-state index contributed by atoms with van der Waals surface area (Å²) in [6.45, 7) is 0.243. The minimum absolute atomic E-state index is 0. The maximum absolute atomic E-state index is 8.89. The Morgan fingerprint density at radius 3 is 1.64 bits per heavy atom. The molecule has 0 unspecified atom stereocenters. The normalized spacial score (nSPS) is 7.73. The Bertz CT molecular complexity index is 78.9. The van der Waals surface area contributed by atoms with Gasteiger partial charge in [-0.05, 0) is 6.92 Å². The van der Waals surface area contributed by atoms with Crippen LogP contribution >= 0.6 is 0 Å². The number of hydrogen-bond donors (Lipinski definition) is 3. The zero-order chi connectivity index (χ0) is 8.57. The van der Waals surface area contributed by atoms with E-state index in [0.29, 0.717) is 0 Å². The van der Waals surface area contributed by atoms with Crippen LogP contribution in [0.2, 0.25) is 0 Å². The third-order valence-electron chi connectivity index (χ3n) is 0.421. The summed E-state index contributed by atoms with van der Waals surface area (Å²) in [5.74, 6) is -1.08. The van der Waals surface area contributed by atoms with Gasteiger partial charge in [-0.25, -0.2) is 0 Å². The molecule has 3 N–H and O–H groups in total. The van der Waals surface area contributed by atoms with Gasteiger partial charge in [-0.1, -0.05) is 0 Å². The number of carbonyl (C=O) groups excluding carboxylic acids is 1. The quantitative estimate of drug-likeness (QED) is 0.347. The predicted molar refractivity (Wildman–Crippen MR) is 30.9 cm³/mol. The fourth-order valence-corrected chi connectivity index (χ4v) is 0.0577. The van der Waals surface area contributed by atoms with Crippen molar-refractivity contribution in [2.75, 3.05) is 13.2 Å². The number of carboxylic acid groups (broad SMARTS) is 1. The molecular weight excluding hydrogens is 147 g/mol. The average molecular weight is 158 g/mol. The molecule has 0 aromatic carbocycles. The number of aliphatic hydroxyl groups excluding tert-OH is 3. The monoisotopic (exact) mass is 158 g/mol. The first-order chi connectivity index (χ1) is 4.54. The Morgan fingerprint density at radius 2 is 1.64 bits per heavy atom. The summed E-state index contributed by atoms with van der Waals surface area (Å²) in [5, 5.41) is 32.9. The van der Waals surface area contributed by atoms with E-state index in [-0.39, 0.29) is 32.1 Å². The van der Waals surface area contributed by atoms with Crippen LogP contribution in [-0.2, 0) is 4.79 Å². The average Bonchev–Trinajstić information content (AvgIpc) is 1.85. The van der Waals surface area contributed by atoms with E-state index in [9.17, 15) is 0 Å². The van der Waals surface area contributed by atoms with Crippen molar-refractivity contribution in [2.24, 2.45) is 0 Å². The van der Waals surface area contributed by atoms with Crippen LogP contribution in [0.25, 0.3) is 0 Å². The van der Waals surface area contributed by atoms with E-state index in [1.165, 1.54) is 0 Å². The second kappa shape index (κ2) is 12.6. The van der Waals surface area contributed by atoms with Gasteiger partial charge in [0, 0.05) is 5.97 Å². The molecular formula is C5H11LiO5. The molecule has 0 saturated heterocycles. The number of carboxylic acids is 1. The Hall–Kier alpha value is -0.0526. The van der Waals surface area contributed by atoms with Crippen molar-refractivity contribution in [3.63, 3.8) is 0 Å². The van der Waals surface area contributed by atoms with E-state index in [0.717, 1.165) is 6.92 Å². The molecule has 0 atom stereocenters. The molecule has 0 saturated carbocycles. The summed E-state index contributed by atoms with van der Waals surface area (Å²) in [6.07, 6.45) is -0.954. The first kappa shape index (κ1) is 17.2. The largest absolute Gasteiger partial charge is 1.00 e. The van der Waals surface area contributed by atoms with Gasteiger partial charge in [0.1, 0.15) is 6.10 Å². The van der Waals surface area contributed by atoms with Crippen LogP contribution in [0.5, 0.6) is 0 Å². The second-order valence-corrected chi connectivity index (χ2v) is 1.51. The summed E-state index contributed by atoms with van der Waals surface area (Å²) in [4.78, 5) is 8.89. The summed E-state index contributed by atoms with van der Waals surface area (Å²) in [5.41, 5.74) is 0. The van der Waals surface area contributed by atoms with Crippen molar-refractivity contribution < 1.29 is 44.1 Å². The molecule has 0 aliphatic carbocycles. The van der Waals surface area contributed by atoms with Crippen molar-refractivity contribution in [1.29, 1.82) is 0 Å². The van der Waals surface area contributed by atoms with E-state index >= 15 is 0 Å². The van der Waals surface area contributed by atoms with Gasteiger partial charge in [0.05, 0.1) is 13.2 Å². The van der Waals surface area contributed by atoms with Crippen LogP contribution in [0.3, 0.4) is 0 Å². The van der Waals surface area contributed by atoms with Gasteiger partial charge in [0.25, 0.3) is 0 Å². The van der Waals surface area contributed by atoms with Crippen molar-refractivity contribution in [2.45, 2.75) is 13.0 Å². The number of hydrogen-bond acceptors (Lipinski definition) is 5. The Kier molecular flexibility index (Phi) is 19.7. The van der Waals surface area contributed by atoms with Gasteiger partial charge in [0.2, 0.25) is 0 Å². The molecule has 0 fully saturated rings. The van der Waals surface area contributed by atoms with Crippen LogP contribution in [0, 0.1) is 0 Å². The third-order valence-corrected chi connectivity index (χ3v) is 0.421. The summed E-state index contributed by atoms with van der Waals surface area (Å²) >= 11 is 0. The Labute approximate surface area is 76.8 Å². The van der Waals surface area contributed by atoms with Crippen molar-refractivity contribution >= 4 is 5.97 Å². The van der Waals surface area contributed by atoms with E-state index in [4.69, 9.17) is 25.2 Å². The van der Waals surface area contributed by atoms with E-state index in [1.807, 2.05) is 0 Å². The van der Waals surface area contributed by atoms with Gasteiger partial charge in [-0.3, -0.25) is 0 Å². The predicted octanol–water partition coefficient (Wildman–Crippen LogP) is -5.91. The first-order valence-corrected chi connectivity index (χ1v) is 2.62. The van der Waals surface area contributed by atoms with Gasteiger partial charge >= 0.3 is 18.9 Å². The van der Waals surface area contributed by atoms with Gasteiger partial charge in [-0.2, -0.15) is 0 Å². The molecule has 11 heavy (non-hydrogen) atoms. The molecule has 0 aromatic rings. The molecule has 6 heteroatoms. The number of aliphatic carboxylic acids is 1. The molecule has 0 heterocycles. The minimum Gasteiger partial charge on any atom is -0.550 e. The minimum atomic E-state index is -1.08. The number of carbonyl (C=O) groups is 1. The van der Waals surface area contributed by atoms with Crippen LogP contribution in [0.4, 0.5) is 0 Å². The van der Waals surface area contributed by atoms with E-state index < -0.39 is 12.1 Å². The smallest absolute Gasteiger partial charge is 0.550 e. The van der Waals surface area contributed by atoms with Crippen molar-refractivity contribution in [3.05, 3.63) is 0 Å². The van der Waals surface area contributed by atoms with Crippen LogP contribution in [0.15, 0.2) is 0 Å². The summed E-state index contributed by atoms with van der Waals surface area (Å²) < 4.78 is 0. The van der Waals surface area contributed by atoms with Gasteiger partial charge < -0.3 is 25.2 Å². The zero-order valence-electron chi connectivity index (χ0n) is 6.65. The standard InChI is InChI=1S/C3H8O3.C2H4O2.Li/c4-1-3(6)2-5;1-2(3)4;/h3-6H,1-2H2;1H3,(H,3,4);/q;;+1/p-1. The SMILES string of the molecule is CC(=O)[O-].OCC(O)CO.[Li+]. The molecule has 0 aliphatic heterocycles. The topological polar surface area (TPSA) is 101 Å². The molecule has 0 aromatic heterocycles. The van der Waals surface area contributed by atoms with Gasteiger partial charge in [-0.15, -0.1) is 0 Å². The summed E-state index contributed by atoms with van der Waals surface area (Å²) in [6, 6.07) is 0.